The summed E-state index contributed by atoms with van der Waals surface area (Å²) < 4.78 is 1.05. The number of nitrogens with one attached hydrogen (secondary N) is 1. The molecule has 0 aliphatic rings. The van der Waals surface area contributed by atoms with E-state index < -0.39 is 0 Å². The third-order valence-electron chi connectivity index (χ3n) is 2.28. The number of aryl methyl sites for hydroxylation is 1. The summed E-state index contributed by atoms with van der Waals surface area (Å²) in [5, 5.41) is 5.43. The SMILES string of the molecule is Cc1nc(NCCc2cccs2)ccc1Br. The van der Waals surface area contributed by atoms with E-state index in [1.807, 2.05) is 19.1 Å². The molecule has 84 valence electrons. The van der Waals surface area contributed by atoms with E-state index in [1.165, 1.54) is 4.88 Å². The van der Waals surface area contributed by atoms with E-state index in [0.717, 1.165) is 29.0 Å². The average Bonchev–Trinajstić information content (AvgIpc) is 2.76. The van der Waals surface area contributed by atoms with Crippen LogP contribution >= 0.6 is 27.3 Å². The number of thiophene rings is 1. The predicted molar refractivity (Wildman–Crippen MR) is 73.2 cm³/mol. The molecule has 0 fully saturated rings. The van der Waals surface area contributed by atoms with Gasteiger partial charge in [0, 0.05) is 15.9 Å². The minimum atomic E-state index is 0.925. The topological polar surface area (TPSA) is 24.9 Å². The van der Waals surface area contributed by atoms with Crippen molar-refractivity contribution in [1.29, 1.82) is 0 Å². The Labute approximate surface area is 108 Å². The largest absolute Gasteiger partial charge is 0.370 e. The summed E-state index contributed by atoms with van der Waals surface area (Å²) in [7, 11) is 0. The van der Waals surface area contributed by atoms with Crippen LogP contribution in [0.2, 0.25) is 0 Å². The van der Waals surface area contributed by atoms with Crippen molar-refractivity contribution in [1.82, 2.24) is 4.98 Å². The highest BCUT2D eigenvalue weighted by atomic mass is 79.9. The van der Waals surface area contributed by atoms with Crippen LogP contribution < -0.4 is 5.32 Å². The van der Waals surface area contributed by atoms with Crippen molar-refractivity contribution in [3.05, 3.63) is 44.7 Å². The number of hydrogen-bond acceptors (Lipinski definition) is 3. The van der Waals surface area contributed by atoms with E-state index in [4.69, 9.17) is 0 Å². The Morgan fingerprint density at radius 2 is 2.25 bits per heavy atom. The number of aromatic nitrogens is 1. The molecule has 2 aromatic heterocycles. The second kappa shape index (κ2) is 5.46. The Morgan fingerprint density at radius 3 is 2.94 bits per heavy atom. The van der Waals surface area contributed by atoms with Crippen LogP contribution in [0.1, 0.15) is 10.6 Å². The highest BCUT2D eigenvalue weighted by Gasteiger charge is 1.99. The van der Waals surface area contributed by atoms with Gasteiger partial charge in [-0.15, -0.1) is 11.3 Å². The van der Waals surface area contributed by atoms with Gasteiger partial charge in [0.1, 0.15) is 5.82 Å². The standard InChI is InChI=1S/C12H13BrN2S/c1-9-11(13)4-5-12(15-9)14-7-6-10-3-2-8-16-10/h2-5,8H,6-7H2,1H3,(H,14,15). The first-order chi connectivity index (χ1) is 7.75. The summed E-state index contributed by atoms with van der Waals surface area (Å²) in [5.74, 6) is 0.942. The molecule has 0 aliphatic heterocycles. The first-order valence-corrected chi connectivity index (χ1v) is 6.82. The van der Waals surface area contributed by atoms with Crippen LogP contribution in [0.3, 0.4) is 0 Å². The van der Waals surface area contributed by atoms with Crippen molar-refractivity contribution in [3.63, 3.8) is 0 Å². The van der Waals surface area contributed by atoms with Gasteiger partial charge in [-0.3, -0.25) is 0 Å². The average molecular weight is 297 g/mol. The van der Waals surface area contributed by atoms with Gasteiger partial charge < -0.3 is 5.32 Å². The fraction of sp³-hybridized carbons (Fsp3) is 0.250. The van der Waals surface area contributed by atoms with Gasteiger partial charge in [-0.2, -0.15) is 0 Å². The lowest BCUT2D eigenvalue weighted by molar-refractivity contribution is 1.02. The Kier molecular flexibility index (Phi) is 3.96. The lowest BCUT2D eigenvalue weighted by Gasteiger charge is -2.06. The second-order valence-corrected chi connectivity index (χ2v) is 5.41. The quantitative estimate of drug-likeness (QED) is 0.926. The molecule has 0 amide bonds. The maximum absolute atomic E-state index is 4.44. The molecule has 1 N–H and O–H groups in total. The van der Waals surface area contributed by atoms with Crippen molar-refractivity contribution in [2.75, 3.05) is 11.9 Å². The van der Waals surface area contributed by atoms with Gasteiger partial charge in [0.2, 0.25) is 0 Å². The van der Waals surface area contributed by atoms with Gasteiger partial charge in [-0.1, -0.05) is 6.07 Å². The van der Waals surface area contributed by atoms with Gasteiger partial charge in [-0.05, 0) is 52.9 Å². The van der Waals surface area contributed by atoms with E-state index in [-0.39, 0.29) is 0 Å². The van der Waals surface area contributed by atoms with Crippen molar-refractivity contribution in [3.8, 4) is 0 Å². The zero-order chi connectivity index (χ0) is 11.4. The summed E-state index contributed by atoms with van der Waals surface area (Å²) in [6.07, 6.45) is 1.05. The minimum Gasteiger partial charge on any atom is -0.370 e. The first kappa shape index (κ1) is 11.6. The molecule has 0 bridgehead atoms. The van der Waals surface area contributed by atoms with Gasteiger partial charge in [0.05, 0.1) is 5.69 Å². The smallest absolute Gasteiger partial charge is 0.126 e. The lowest BCUT2D eigenvalue weighted by atomic mass is 10.3. The molecule has 0 saturated carbocycles. The normalized spacial score (nSPS) is 10.4. The maximum atomic E-state index is 4.44. The highest BCUT2D eigenvalue weighted by molar-refractivity contribution is 9.10. The summed E-state index contributed by atoms with van der Waals surface area (Å²) in [6, 6.07) is 8.26. The van der Waals surface area contributed by atoms with E-state index in [9.17, 15) is 0 Å². The molecule has 0 spiro atoms. The summed E-state index contributed by atoms with van der Waals surface area (Å²) in [5.41, 5.74) is 1.01. The van der Waals surface area contributed by atoms with Crippen molar-refractivity contribution < 1.29 is 0 Å². The van der Waals surface area contributed by atoms with Crippen LogP contribution in [-0.2, 0) is 6.42 Å². The molecule has 2 rings (SSSR count). The van der Waals surface area contributed by atoms with Gasteiger partial charge in [0.15, 0.2) is 0 Å². The maximum Gasteiger partial charge on any atom is 0.126 e. The first-order valence-electron chi connectivity index (χ1n) is 5.15. The zero-order valence-corrected chi connectivity index (χ0v) is 11.4. The molecule has 2 aromatic rings. The van der Waals surface area contributed by atoms with E-state index >= 15 is 0 Å². The van der Waals surface area contributed by atoms with Crippen LogP contribution in [0.5, 0.6) is 0 Å². The Balaban J connectivity index is 1.87. The molecule has 4 heteroatoms. The molecule has 0 aliphatic carbocycles. The van der Waals surface area contributed by atoms with Crippen molar-refractivity contribution in [2.45, 2.75) is 13.3 Å². The zero-order valence-electron chi connectivity index (χ0n) is 9.03. The van der Waals surface area contributed by atoms with Crippen LogP contribution in [-0.4, -0.2) is 11.5 Å². The second-order valence-electron chi connectivity index (χ2n) is 3.52. The molecule has 0 atom stereocenters. The molecule has 0 saturated heterocycles. The van der Waals surface area contributed by atoms with E-state index in [0.29, 0.717) is 0 Å². The Bertz CT molecular complexity index is 454. The molecular weight excluding hydrogens is 284 g/mol. The van der Waals surface area contributed by atoms with Crippen molar-refractivity contribution in [2.24, 2.45) is 0 Å². The molecule has 0 unspecified atom stereocenters. The fourth-order valence-corrected chi connectivity index (χ4v) is 2.34. The Morgan fingerprint density at radius 1 is 1.38 bits per heavy atom. The summed E-state index contributed by atoms with van der Waals surface area (Å²) in [6.45, 7) is 2.92. The third kappa shape index (κ3) is 3.06. The lowest BCUT2D eigenvalue weighted by Crippen LogP contribution is -2.05. The summed E-state index contributed by atoms with van der Waals surface area (Å²) in [4.78, 5) is 5.84. The van der Waals surface area contributed by atoms with Crippen LogP contribution in [0, 0.1) is 6.92 Å². The predicted octanol–water partition coefficient (Wildman–Crippen LogP) is 3.87. The Hall–Kier alpha value is -0.870. The third-order valence-corrected chi connectivity index (χ3v) is 4.05. The number of halogens is 1. The summed E-state index contributed by atoms with van der Waals surface area (Å²) >= 11 is 5.24. The molecule has 16 heavy (non-hydrogen) atoms. The minimum absolute atomic E-state index is 0.925. The number of anilines is 1. The molecule has 2 nitrogen and oxygen atoms in total. The van der Waals surface area contributed by atoms with E-state index in [2.05, 4.69) is 43.7 Å². The number of rotatable bonds is 4. The van der Waals surface area contributed by atoms with Crippen LogP contribution in [0.15, 0.2) is 34.1 Å². The monoisotopic (exact) mass is 296 g/mol. The molecule has 0 aromatic carbocycles. The van der Waals surface area contributed by atoms with Gasteiger partial charge in [0.25, 0.3) is 0 Å². The fourth-order valence-electron chi connectivity index (χ4n) is 1.41. The van der Waals surface area contributed by atoms with E-state index in [1.54, 1.807) is 11.3 Å². The highest BCUT2D eigenvalue weighted by Crippen LogP contribution is 2.16. The van der Waals surface area contributed by atoms with Gasteiger partial charge in [-0.25, -0.2) is 4.98 Å². The number of pyridine rings is 1. The molecule has 2 heterocycles. The number of nitrogens with zero attached hydrogens (tertiary/aromatic N) is 1. The van der Waals surface area contributed by atoms with Gasteiger partial charge >= 0.3 is 0 Å². The number of hydrogen-bond donors (Lipinski definition) is 1. The van der Waals surface area contributed by atoms with Crippen molar-refractivity contribution >= 4 is 33.1 Å². The molecular formula is C12H13BrN2S. The van der Waals surface area contributed by atoms with Crippen LogP contribution in [0.25, 0.3) is 0 Å². The molecule has 0 radical (unpaired) electrons. The van der Waals surface area contributed by atoms with Crippen LogP contribution in [0.4, 0.5) is 5.82 Å².